The number of hydrogen-bond acceptors (Lipinski definition) is 3. The number of hydrogen-bond donors (Lipinski definition) is 2. The molecule has 21 heavy (non-hydrogen) atoms. The van der Waals surface area contributed by atoms with Crippen LogP contribution in [0.2, 0.25) is 0 Å². The van der Waals surface area contributed by atoms with Crippen molar-refractivity contribution >= 4 is 34.2 Å². The SMILES string of the molecule is CCN[C@H](C)CNC(=O)C(C)Oc1ccc(F)cc1Br.Cl. The quantitative estimate of drug-likeness (QED) is 0.761. The van der Waals surface area contributed by atoms with Crippen molar-refractivity contribution in [2.75, 3.05) is 13.1 Å². The molecule has 1 aromatic carbocycles. The number of amides is 1. The monoisotopic (exact) mass is 382 g/mol. The minimum Gasteiger partial charge on any atom is -0.480 e. The van der Waals surface area contributed by atoms with Gasteiger partial charge in [0.2, 0.25) is 0 Å². The Morgan fingerprint density at radius 2 is 2.10 bits per heavy atom. The third-order valence-electron chi connectivity index (χ3n) is 2.70. The van der Waals surface area contributed by atoms with E-state index in [-0.39, 0.29) is 30.2 Å². The van der Waals surface area contributed by atoms with Gasteiger partial charge in [0.1, 0.15) is 11.6 Å². The van der Waals surface area contributed by atoms with Gasteiger partial charge in [0, 0.05) is 12.6 Å². The van der Waals surface area contributed by atoms with Crippen molar-refractivity contribution in [1.82, 2.24) is 10.6 Å². The van der Waals surface area contributed by atoms with Crippen molar-refractivity contribution in [3.8, 4) is 5.75 Å². The van der Waals surface area contributed by atoms with Crippen LogP contribution in [0, 0.1) is 5.82 Å². The van der Waals surface area contributed by atoms with Gasteiger partial charge in [-0.05, 0) is 54.5 Å². The molecule has 0 radical (unpaired) electrons. The van der Waals surface area contributed by atoms with Crippen molar-refractivity contribution < 1.29 is 13.9 Å². The molecule has 0 fully saturated rings. The summed E-state index contributed by atoms with van der Waals surface area (Å²) in [5.74, 6) is -0.124. The first kappa shape index (κ1) is 20.1. The average molecular weight is 384 g/mol. The first-order valence-electron chi connectivity index (χ1n) is 6.56. The summed E-state index contributed by atoms with van der Waals surface area (Å²) < 4.78 is 18.9. The van der Waals surface area contributed by atoms with Crippen LogP contribution in [0.5, 0.6) is 5.75 Å². The molecule has 0 aliphatic heterocycles. The first-order valence-corrected chi connectivity index (χ1v) is 7.36. The van der Waals surface area contributed by atoms with Crippen molar-refractivity contribution in [3.05, 3.63) is 28.5 Å². The Bertz CT molecular complexity index is 463. The summed E-state index contributed by atoms with van der Waals surface area (Å²) in [6.07, 6.45) is -0.648. The normalized spacial score (nSPS) is 13.0. The van der Waals surface area contributed by atoms with Gasteiger partial charge < -0.3 is 15.4 Å². The molecule has 120 valence electrons. The number of ether oxygens (including phenoxy) is 1. The Balaban J connectivity index is 0.00000400. The van der Waals surface area contributed by atoms with Gasteiger partial charge in [-0.1, -0.05) is 6.92 Å². The number of carbonyl (C=O) groups is 1. The molecule has 0 heterocycles. The zero-order chi connectivity index (χ0) is 15.1. The molecular formula is C14H21BrClFN2O2. The second-order valence-corrected chi connectivity index (χ2v) is 5.39. The van der Waals surface area contributed by atoms with Gasteiger partial charge >= 0.3 is 0 Å². The lowest BCUT2D eigenvalue weighted by molar-refractivity contribution is -0.127. The molecule has 1 amide bonds. The van der Waals surface area contributed by atoms with Crippen LogP contribution in [0.25, 0.3) is 0 Å². The lowest BCUT2D eigenvalue weighted by Crippen LogP contribution is -2.43. The van der Waals surface area contributed by atoms with Crippen LogP contribution in [-0.2, 0) is 4.79 Å². The number of halogens is 3. The van der Waals surface area contributed by atoms with Crippen LogP contribution in [0.1, 0.15) is 20.8 Å². The van der Waals surface area contributed by atoms with Crippen LogP contribution >= 0.6 is 28.3 Å². The highest BCUT2D eigenvalue weighted by Gasteiger charge is 2.16. The van der Waals surface area contributed by atoms with E-state index in [9.17, 15) is 9.18 Å². The number of carbonyl (C=O) groups excluding carboxylic acids is 1. The minimum absolute atomic E-state index is 0. The van der Waals surface area contributed by atoms with Gasteiger partial charge in [-0.15, -0.1) is 12.4 Å². The summed E-state index contributed by atoms with van der Waals surface area (Å²) in [5, 5.41) is 6.00. The van der Waals surface area contributed by atoms with Crippen LogP contribution in [0.3, 0.4) is 0 Å². The zero-order valence-corrected chi connectivity index (χ0v) is 14.7. The Hall–Kier alpha value is -0.850. The highest BCUT2D eigenvalue weighted by molar-refractivity contribution is 9.10. The van der Waals surface area contributed by atoms with E-state index in [1.165, 1.54) is 18.2 Å². The highest BCUT2D eigenvalue weighted by atomic mass is 79.9. The van der Waals surface area contributed by atoms with Crippen LogP contribution in [-0.4, -0.2) is 31.1 Å². The minimum atomic E-state index is -0.648. The molecule has 1 unspecified atom stereocenters. The number of likely N-dealkylation sites (N-methyl/N-ethyl adjacent to an activating group) is 1. The molecular weight excluding hydrogens is 363 g/mol. The predicted molar refractivity (Wildman–Crippen MR) is 87.6 cm³/mol. The van der Waals surface area contributed by atoms with E-state index < -0.39 is 6.10 Å². The summed E-state index contributed by atoms with van der Waals surface area (Å²) >= 11 is 3.20. The Labute approximate surface area is 139 Å². The van der Waals surface area contributed by atoms with Gasteiger partial charge in [-0.2, -0.15) is 0 Å². The van der Waals surface area contributed by atoms with E-state index in [2.05, 4.69) is 26.6 Å². The van der Waals surface area contributed by atoms with E-state index in [4.69, 9.17) is 4.74 Å². The molecule has 2 N–H and O–H groups in total. The van der Waals surface area contributed by atoms with E-state index >= 15 is 0 Å². The molecule has 7 heteroatoms. The molecule has 1 aromatic rings. The molecule has 4 nitrogen and oxygen atoms in total. The van der Waals surface area contributed by atoms with E-state index in [0.717, 1.165) is 6.54 Å². The van der Waals surface area contributed by atoms with Gasteiger partial charge in [0.05, 0.1) is 4.47 Å². The topological polar surface area (TPSA) is 50.4 Å². The van der Waals surface area contributed by atoms with Crippen LogP contribution in [0.4, 0.5) is 4.39 Å². The third kappa shape index (κ3) is 7.11. The third-order valence-corrected chi connectivity index (χ3v) is 3.32. The predicted octanol–water partition coefficient (Wildman–Crippen LogP) is 2.89. The number of nitrogens with one attached hydrogen (secondary N) is 2. The van der Waals surface area contributed by atoms with Crippen molar-refractivity contribution in [3.63, 3.8) is 0 Å². The molecule has 0 aliphatic carbocycles. The molecule has 0 saturated carbocycles. The Morgan fingerprint density at radius 1 is 1.43 bits per heavy atom. The fourth-order valence-electron chi connectivity index (χ4n) is 1.63. The average Bonchev–Trinajstić information content (AvgIpc) is 2.39. The van der Waals surface area contributed by atoms with Gasteiger partial charge in [0.25, 0.3) is 5.91 Å². The van der Waals surface area contributed by atoms with Gasteiger partial charge in [-0.3, -0.25) is 4.79 Å². The maximum Gasteiger partial charge on any atom is 0.260 e. The fourth-order valence-corrected chi connectivity index (χ4v) is 2.08. The van der Waals surface area contributed by atoms with E-state index in [0.29, 0.717) is 16.8 Å². The molecule has 1 rings (SSSR count). The second kappa shape index (κ2) is 9.97. The van der Waals surface area contributed by atoms with E-state index in [1.54, 1.807) is 6.92 Å². The highest BCUT2D eigenvalue weighted by Crippen LogP contribution is 2.26. The zero-order valence-electron chi connectivity index (χ0n) is 12.3. The smallest absolute Gasteiger partial charge is 0.260 e. The Kier molecular flexibility index (Phi) is 9.57. The maximum atomic E-state index is 13.0. The number of rotatable bonds is 7. The van der Waals surface area contributed by atoms with Crippen LogP contribution < -0.4 is 15.4 Å². The summed E-state index contributed by atoms with van der Waals surface area (Å²) in [6, 6.07) is 4.28. The maximum absolute atomic E-state index is 13.0. The fraction of sp³-hybridized carbons (Fsp3) is 0.500. The Morgan fingerprint density at radius 3 is 2.67 bits per heavy atom. The standard InChI is InChI=1S/C14H20BrFN2O2.ClH/c1-4-17-9(2)8-18-14(19)10(3)20-13-6-5-11(16)7-12(13)15;/h5-7,9-10,17H,4,8H2,1-3H3,(H,18,19);1H/t9-,10?;/m1./s1. The van der Waals surface area contributed by atoms with E-state index in [1.807, 2.05) is 13.8 Å². The molecule has 0 bridgehead atoms. The molecule has 0 spiro atoms. The lowest BCUT2D eigenvalue weighted by Gasteiger charge is -2.18. The second-order valence-electron chi connectivity index (χ2n) is 4.54. The van der Waals surface area contributed by atoms with Crippen molar-refractivity contribution in [2.45, 2.75) is 32.9 Å². The summed E-state index contributed by atoms with van der Waals surface area (Å²) in [6.45, 7) is 7.04. The van der Waals surface area contributed by atoms with Crippen molar-refractivity contribution in [1.29, 1.82) is 0 Å². The van der Waals surface area contributed by atoms with Gasteiger partial charge in [-0.25, -0.2) is 4.39 Å². The molecule has 0 aliphatic rings. The van der Waals surface area contributed by atoms with Gasteiger partial charge in [0.15, 0.2) is 6.10 Å². The lowest BCUT2D eigenvalue weighted by atomic mass is 10.3. The molecule has 2 atom stereocenters. The summed E-state index contributed by atoms with van der Waals surface area (Å²) in [7, 11) is 0. The van der Waals surface area contributed by atoms with Crippen LogP contribution in [0.15, 0.2) is 22.7 Å². The largest absolute Gasteiger partial charge is 0.480 e. The molecule has 0 aromatic heterocycles. The summed E-state index contributed by atoms with van der Waals surface area (Å²) in [5.41, 5.74) is 0. The molecule has 0 saturated heterocycles. The number of benzene rings is 1. The van der Waals surface area contributed by atoms with Crippen molar-refractivity contribution in [2.24, 2.45) is 0 Å². The summed E-state index contributed by atoms with van der Waals surface area (Å²) in [4.78, 5) is 11.9. The first-order chi connectivity index (χ1) is 9.43.